The number of benzene rings is 1. The van der Waals surface area contributed by atoms with Gasteiger partial charge in [-0.2, -0.15) is 0 Å². The predicted octanol–water partition coefficient (Wildman–Crippen LogP) is 4.04. The van der Waals surface area contributed by atoms with Gasteiger partial charge in [-0.1, -0.05) is 32.4 Å². The molecule has 0 spiro atoms. The van der Waals surface area contributed by atoms with Crippen molar-refractivity contribution in [2.75, 3.05) is 7.11 Å². The van der Waals surface area contributed by atoms with Gasteiger partial charge in [0.2, 0.25) is 0 Å². The maximum absolute atomic E-state index is 11.8. The van der Waals surface area contributed by atoms with Crippen molar-refractivity contribution in [3.05, 3.63) is 29.3 Å². The zero-order valence-corrected chi connectivity index (χ0v) is 13.3. The molecule has 2 bridgehead atoms. The highest BCUT2D eigenvalue weighted by atomic mass is 16.5. The van der Waals surface area contributed by atoms with E-state index >= 15 is 0 Å². The molecule has 110 valence electrons. The minimum atomic E-state index is -0.805. The van der Waals surface area contributed by atoms with E-state index in [1.807, 2.05) is 12.1 Å². The molecule has 2 aliphatic carbocycles. The Morgan fingerprint density at radius 3 is 2.50 bits per heavy atom. The Balaban J connectivity index is 2.24. The summed E-state index contributed by atoms with van der Waals surface area (Å²) in [6, 6.07) is 6.16. The fraction of sp³-hybridized carbons (Fsp3) is 0.667. The summed E-state index contributed by atoms with van der Waals surface area (Å²) in [7, 11) is 1.69. The summed E-state index contributed by atoms with van der Waals surface area (Å²) in [5, 5.41) is 11.8. The fourth-order valence-corrected chi connectivity index (χ4v) is 5.04. The van der Waals surface area contributed by atoms with Crippen LogP contribution >= 0.6 is 0 Å². The zero-order valence-electron chi connectivity index (χ0n) is 13.3. The Kier molecular flexibility index (Phi) is 2.79. The molecule has 3 unspecified atom stereocenters. The van der Waals surface area contributed by atoms with Crippen LogP contribution in [0.3, 0.4) is 0 Å². The van der Waals surface area contributed by atoms with Gasteiger partial charge in [-0.25, -0.2) is 0 Å². The molecular formula is C18H26O2. The minimum Gasteiger partial charge on any atom is -0.496 e. The van der Waals surface area contributed by atoms with Crippen molar-refractivity contribution in [3.8, 4) is 5.75 Å². The summed E-state index contributed by atoms with van der Waals surface area (Å²) in [6.07, 6.45) is 3.46. The zero-order chi connectivity index (χ0) is 14.8. The molecule has 2 heteroatoms. The number of fused-ring (bicyclic) bond motifs is 2. The molecule has 20 heavy (non-hydrogen) atoms. The largest absolute Gasteiger partial charge is 0.496 e. The van der Waals surface area contributed by atoms with E-state index < -0.39 is 5.60 Å². The second-order valence-electron chi connectivity index (χ2n) is 7.64. The van der Waals surface area contributed by atoms with E-state index in [9.17, 15) is 5.11 Å². The number of methoxy groups -OCH3 is 1. The summed E-state index contributed by atoms with van der Waals surface area (Å²) in [6.45, 7) is 8.78. The third kappa shape index (κ3) is 1.43. The first kappa shape index (κ1) is 13.9. The number of aryl methyl sites for hydroxylation is 1. The van der Waals surface area contributed by atoms with Crippen molar-refractivity contribution in [2.24, 2.45) is 16.7 Å². The second-order valence-corrected chi connectivity index (χ2v) is 7.64. The summed E-state index contributed by atoms with van der Waals surface area (Å²) in [5.41, 5.74) is 1.20. The first-order valence-electron chi connectivity index (χ1n) is 7.64. The van der Waals surface area contributed by atoms with Crippen LogP contribution in [0, 0.1) is 23.7 Å². The highest BCUT2D eigenvalue weighted by Gasteiger charge is 2.69. The highest BCUT2D eigenvalue weighted by molar-refractivity contribution is 5.45. The molecule has 1 N–H and O–H groups in total. The summed E-state index contributed by atoms with van der Waals surface area (Å²) < 4.78 is 5.56. The number of hydrogen-bond acceptors (Lipinski definition) is 2. The topological polar surface area (TPSA) is 29.5 Å². The van der Waals surface area contributed by atoms with E-state index in [-0.39, 0.29) is 10.8 Å². The Bertz CT molecular complexity index is 542. The van der Waals surface area contributed by atoms with Crippen LogP contribution in [0.4, 0.5) is 0 Å². The third-order valence-corrected chi connectivity index (χ3v) is 6.31. The highest BCUT2D eigenvalue weighted by Crippen LogP contribution is 2.72. The average Bonchev–Trinajstić information content (AvgIpc) is 2.86. The normalized spacial score (nSPS) is 38.2. The van der Waals surface area contributed by atoms with Gasteiger partial charge in [-0.05, 0) is 44.2 Å². The maximum atomic E-state index is 11.8. The lowest BCUT2D eigenvalue weighted by Crippen LogP contribution is -2.51. The van der Waals surface area contributed by atoms with Crippen molar-refractivity contribution in [2.45, 2.75) is 52.6 Å². The molecule has 0 radical (unpaired) electrons. The lowest BCUT2D eigenvalue weighted by atomic mass is 9.57. The molecule has 0 aromatic heterocycles. The molecular weight excluding hydrogens is 248 g/mol. The average molecular weight is 274 g/mol. The first-order chi connectivity index (χ1) is 9.26. The first-order valence-corrected chi connectivity index (χ1v) is 7.64. The van der Waals surface area contributed by atoms with Crippen LogP contribution in [0.5, 0.6) is 5.75 Å². The van der Waals surface area contributed by atoms with Crippen LogP contribution in [0.15, 0.2) is 18.2 Å². The third-order valence-electron chi connectivity index (χ3n) is 6.31. The van der Waals surface area contributed by atoms with Crippen LogP contribution in [0.1, 0.15) is 51.2 Å². The van der Waals surface area contributed by atoms with E-state index in [0.29, 0.717) is 5.92 Å². The van der Waals surface area contributed by atoms with Gasteiger partial charge >= 0.3 is 0 Å². The van der Waals surface area contributed by atoms with Crippen molar-refractivity contribution >= 4 is 0 Å². The van der Waals surface area contributed by atoms with Crippen LogP contribution in [0.25, 0.3) is 0 Å². The summed E-state index contributed by atoms with van der Waals surface area (Å²) in [4.78, 5) is 0. The van der Waals surface area contributed by atoms with E-state index in [0.717, 1.165) is 24.2 Å². The molecule has 3 atom stereocenters. The van der Waals surface area contributed by atoms with Gasteiger partial charge in [0, 0.05) is 16.4 Å². The summed E-state index contributed by atoms with van der Waals surface area (Å²) in [5.74, 6) is 1.42. The quantitative estimate of drug-likeness (QED) is 0.882. The van der Waals surface area contributed by atoms with E-state index in [4.69, 9.17) is 4.74 Å². The van der Waals surface area contributed by atoms with Gasteiger partial charge in [-0.15, -0.1) is 0 Å². The Hall–Kier alpha value is -1.02. The van der Waals surface area contributed by atoms with E-state index in [1.165, 1.54) is 12.0 Å². The van der Waals surface area contributed by atoms with E-state index in [2.05, 4.69) is 33.8 Å². The van der Waals surface area contributed by atoms with Crippen molar-refractivity contribution in [3.63, 3.8) is 0 Å². The van der Waals surface area contributed by atoms with Crippen LogP contribution < -0.4 is 4.74 Å². The Labute approximate surface area is 122 Å². The molecule has 2 nitrogen and oxygen atoms in total. The maximum Gasteiger partial charge on any atom is 0.125 e. The van der Waals surface area contributed by atoms with Gasteiger partial charge in [0.25, 0.3) is 0 Å². The van der Waals surface area contributed by atoms with Gasteiger partial charge in [-0.3, -0.25) is 0 Å². The molecule has 2 aliphatic rings. The molecule has 1 aromatic rings. The molecule has 3 rings (SSSR count). The molecule has 1 aromatic carbocycles. The SMILES string of the molecule is COc1ccc(C)cc1C1(O)C2(C)CCC(C2)C1(C)C. The lowest BCUT2D eigenvalue weighted by molar-refractivity contribution is -0.151. The molecule has 2 fully saturated rings. The Morgan fingerprint density at radius 1 is 1.25 bits per heavy atom. The number of rotatable bonds is 2. The molecule has 0 amide bonds. The standard InChI is InChI=1S/C18H26O2/c1-12-6-7-15(20-5)14(10-12)18(19)16(2,3)13-8-9-17(18,4)11-13/h6-7,10,13,19H,8-9,11H2,1-5H3. The van der Waals surface area contributed by atoms with Gasteiger partial charge in [0.1, 0.15) is 11.4 Å². The van der Waals surface area contributed by atoms with Crippen molar-refractivity contribution in [1.29, 1.82) is 0 Å². The van der Waals surface area contributed by atoms with Crippen molar-refractivity contribution in [1.82, 2.24) is 0 Å². The Morgan fingerprint density at radius 2 is 1.95 bits per heavy atom. The monoisotopic (exact) mass is 274 g/mol. The minimum absolute atomic E-state index is 0.0394. The van der Waals surface area contributed by atoms with Gasteiger partial charge in [0.05, 0.1) is 7.11 Å². The molecule has 2 saturated carbocycles. The molecule has 0 heterocycles. The van der Waals surface area contributed by atoms with E-state index in [1.54, 1.807) is 7.11 Å². The molecule has 0 saturated heterocycles. The smallest absolute Gasteiger partial charge is 0.125 e. The van der Waals surface area contributed by atoms with Crippen molar-refractivity contribution < 1.29 is 9.84 Å². The second kappa shape index (κ2) is 4.00. The molecule has 0 aliphatic heterocycles. The lowest BCUT2D eigenvalue weighted by Gasteiger charge is -2.51. The number of ether oxygens (including phenoxy) is 1. The van der Waals surface area contributed by atoms with Crippen LogP contribution in [-0.2, 0) is 5.60 Å². The van der Waals surface area contributed by atoms with Gasteiger partial charge in [0.15, 0.2) is 0 Å². The number of aliphatic hydroxyl groups is 1. The summed E-state index contributed by atoms with van der Waals surface area (Å²) >= 11 is 0. The van der Waals surface area contributed by atoms with Crippen LogP contribution in [0.2, 0.25) is 0 Å². The number of hydrogen-bond donors (Lipinski definition) is 1. The fourth-order valence-electron chi connectivity index (χ4n) is 5.04. The van der Waals surface area contributed by atoms with Crippen LogP contribution in [-0.4, -0.2) is 12.2 Å². The van der Waals surface area contributed by atoms with Gasteiger partial charge < -0.3 is 9.84 Å². The predicted molar refractivity (Wildman–Crippen MR) is 80.9 cm³/mol.